The third-order valence-corrected chi connectivity index (χ3v) is 4.58. The van der Waals surface area contributed by atoms with E-state index in [9.17, 15) is 14.9 Å². The average Bonchev–Trinajstić information content (AvgIpc) is 3.41. The predicted octanol–water partition coefficient (Wildman–Crippen LogP) is 3.48. The Balaban J connectivity index is 1.55. The van der Waals surface area contributed by atoms with Gasteiger partial charge in [0, 0.05) is 23.0 Å². The van der Waals surface area contributed by atoms with Crippen molar-refractivity contribution in [2.24, 2.45) is 0 Å². The molecule has 0 aliphatic heterocycles. The highest BCUT2D eigenvalue weighted by Gasteiger charge is 2.44. The second-order valence-electron chi connectivity index (χ2n) is 6.08. The summed E-state index contributed by atoms with van der Waals surface area (Å²) in [5, 5.41) is 14.1. The number of nitrogens with one attached hydrogen (secondary N) is 1. The number of nitrogens with zero attached hydrogens (tertiary/aromatic N) is 1. The molecule has 2 aromatic rings. The smallest absolute Gasteiger partial charge is 0.312 e. The van der Waals surface area contributed by atoms with Crippen molar-refractivity contribution in [2.75, 3.05) is 13.2 Å². The molecule has 1 amide bonds. The predicted molar refractivity (Wildman–Crippen MR) is 94.0 cm³/mol. The van der Waals surface area contributed by atoms with Crippen molar-refractivity contribution in [3.8, 4) is 5.75 Å². The molecule has 7 heteroatoms. The molecule has 1 fully saturated rings. The molecule has 0 radical (unpaired) electrons. The number of hydrogen-bond donors (Lipinski definition) is 1. The fourth-order valence-corrected chi connectivity index (χ4v) is 2.89. The summed E-state index contributed by atoms with van der Waals surface area (Å²) in [4.78, 5) is 22.5. The van der Waals surface area contributed by atoms with Gasteiger partial charge in [-0.05, 0) is 30.5 Å². The number of amides is 1. The minimum Gasteiger partial charge on any atom is -0.477 e. The number of benzene rings is 2. The highest BCUT2D eigenvalue weighted by molar-refractivity contribution is 6.30. The molecule has 0 saturated heterocycles. The molecule has 1 N–H and O–H groups in total. The summed E-state index contributed by atoms with van der Waals surface area (Å²) in [6.07, 6.45) is 2.06. The second kappa shape index (κ2) is 7.11. The molecule has 130 valence electrons. The van der Waals surface area contributed by atoms with E-state index >= 15 is 0 Å². The molecule has 0 atom stereocenters. The largest absolute Gasteiger partial charge is 0.477 e. The van der Waals surface area contributed by atoms with Crippen molar-refractivity contribution in [3.63, 3.8) is 0 Å². The second-order valence-corrected chi connectivity index (χ2v) is 6.52. The highest BCUT2D eigenvalue weighted by atomic mass is 35.5. The molecule has 6 nitrogen and oxygen atoms in total. The van der Waals surface area contributed by atoms with Gasteiger partial charge in [0.25, 0.3) is 5.91 Å². The zero-order chi connectivity index (χ0) is 17.9. The number of nitro benzene ring substituents is 1. The van der Waals surface area contributed by atoms with Gasteiger partial charge < -0.3 is 10.1 Å². The lowest BCUT2D eigenvalue weighted by atomic mass is 9.96. The number of carbonyl (C=O) groups excluding carboxylic acids is 1. The Morgan fingerprint density at radius 2 is 1.96 bits per heavy atom. The number of hydrogen-bond acceptors (Lipinski definition) is 4. The van der Waals surface area contributed by atoms with Gasteiger partial charge in [-0.15, -0.1) is 0 Å². The number of ether oxygens (including phenoxy) is 1. The van der Waals surface area contributed by atoms with Crippen molar-refractivity contribution in [1.82, 2.24) is 5.32 Å². The monoisotopic (exact) mass is 360 g/mol. The molecule has 0 heterocycles. The molecule has 3 rings (SSSR count). The summed E-state index contributed by atoms with van der Waals surface area (Å²) >= 11 is 5.75. The standard InChI is InChI=1S/C18H17ClN2O4/c19-14-6-7-16(15(10-14)21(23)24)25-11-17(22)20-12-18(8-9-18)13-4-2-1-3-5-13/h1-7,10H,8-9,11-12H2,(H,20,22). The van der Waals surface area contributed by atoms with E-state index in [4.69, 9.17) is 16.3 Å². The Morgan fingerprint density at radius 1 is 1.24 bits per heavy atom. The maximum atomic E-state index is 12.0. The van der Waals surface area contributed by atoms with E-state index < -0.39 is 4.92 Å². The van der Waals surface area contributed by atoms with Gasteiger partial charge in [0.05, 0.1) is 4.92 Å². The zero-order valence-electron chi connectivity index (χ0n) is 13.4. The lowest BCUT2D eigenvalue weighted by Gasteiger charge is -2.16. The zero-order valence-corrected chi connectivity index (χ0v) is 14.2. The Kier molecular flexibility index (Phi) is 4.90. The van der Waals surface area contributed by atoms with Gasteiger partial charge in [-0.1, -0.05) is 41.9 Å². The van der Waals surface area contributed by atoms with Crippen LogP contribution in [0.1, 0.15) is 18.4 Å². The van der Waals surface area contributed by atoms with Crippen LogP contribution in [-0.4, -0.2) is 24.0 Å². The minimum absolute atomic E-state index is 0.00316. The molecule has 0 bridgehead atoms. The van der Waals surface area contributed by atoms with Crippen molar-refractivity contribution in [2.45, 2.75) is 18.3 Å². The van der Waals surface area contributed by atoms with E-state index in [1.807, 2.05) is 18.2 Å². The molecule has 0 unspecified atom stereocenters. The van der Waals surface area contributed by atoms with E-state index in [-0.39, 0.29) is 34.4 Å². The van der Waals surface area contributed by atoms with E-state index in [2.05, 4.69) is 17.4 Å². The molecule has 0 aromatic heterocycles. The molecule has 1 aliphatic carbocycles. The summed E-state index contributed by atoms with van der Waals surface area (Å²) in [5.41, 5.74) is 0.955. The van der Waals surface area contributed by atoms with Crippen LogP contribution in [0.2, 0.25) is 5.02 Å². The minimum atomic E-state index is -0.590. The highest BCUT2D eigenvalue weighted by Crippen LogP contribution is 2.47. The quantitative estimate of drug-likeness (QED) is 0.605. The van der Waals surface area contributed by atoms with Gasteiger partial charge in [0.2, 0.25) is 0 Å². The van der Waals surface area contributed by atoms with Crippen LogP contribution in [0.15, 0.2) is 48.5 Å². The first-order valence-electron chi connectivity index (χ1n) is 7.89. The molecule has 1 saturated carbocycles. The maximum absolute atomic E-state index is 12.0. The van der Waals surface area contributed by atoms with Crippen molar-refractivity contribution in [3.05, 3.63) is 69.2 Å². The van der Waals surface area contributed by atoms with E-state index in [0.717, 1.165) is 12.8 Å². The van der Waals surface area contributed by atoms with E-state index in [1.54, 1.807) is 0 Å². The maximum Gasteiger partial charge on any atom is 0.312 e. The van der Waals surface area contributed by atoms with Crippen LogP contribution in [0.25, 0.3) is 0 Å². The Labute approximate surface area is 149 Å². The van der Waals surface area contributed by atoms with Crippen molar-refractivity contribution >= 4 is 23.2 Å². The fourth-order valence-electron chi connectivity index (χ4n) is 2.73. The summed E-state index contributed by atoms with van der Waals surface area (Å²) in [6.45, 7) is 0.245. The van der Waals surface area contributed by atoms with Crippen molar-refractivity contribution in [1.29, 1.82) is 0 Å². The summed E-state index contributed by atoms with van der Waals surface area (Å²) in [7, 11) is 0. The van der Waals surface area contributed by atoms with Crippen LogP contribution >= 0.6 is 11.6 Å². The normalized spacial score (nSPS) is 14.6. The number of rotatable bonds is 7. The lowest BCUT2D eigenvalue weighted by Crippen LogP contribution is -2.35. The first kappa shape index (κ1) is 17.2. The topological polar surface area (TPSA) is 81.5 Å². The number of nitro groups is 1. The fraction of sp³-hybridized carbons (Fsp3) is 0.278. The van der Waals surface area contributed by atoms with Crippen LogP contribution in [0.3, 0.4) is 0 Å². The summed E-state index contributed by atoms with van der Waals surface area (Å²) in [5.74, 6) is -0.291. The Bertz CT molecular complexity index is 791. The summed E-state index contributed by atoms with van der Waals surface area (Å²) < 4.78 is 5.29. The van der Waals surface area contributed by atoms with Crippen LogP contribution in [-0.2, 0) is 10.2 Å². The van der Waals surface area contributed by atoms with Gasteiger partial charge in [0.1, 0.15) is 0 Å². The molecule has 1 aliphatic rings. The third kappa shape index (κ3) is 4.09. The van der Waals surface area contributed by atoms with Crippen molar-refractivity contribution < 1.29 is 14.5 Å². The molecule has 25 heavy (non-hydrogen) atoms. The molecule has 0 spiro atoms. The SMILES string of the molecule is O=C(COc1ccc(Cl)cc1[N+](=O)[O-])NCC1(c2ccccc2)CC1. The first-order chi connectivity index (χ1) is 12.0. The lowest BCUT2D eigenvalue weighted by molar-refractivity contribution is -0.385. The Morgan fingerprint density at radius 3 is 2.60 bits per heavy atom. The van der Waals surface area contributed by atoms with Gasteiger partial charge >= 0.3 is 5.69 Å². The molecule has 2 aromatic carbocycles. The van der Waals surface area contributed by atoms with Gasteiger partial charge in [-0.2, -0.15) is 0 Å². The van der Waals surface area contributed by atoms with E-state index in [0.29, 0.717) is 6.54 Å². The van der Waals surface area contributed by atoms with Gasteiger partial charge in [-0.3, -0.25) is 14.9 Å². The van der Waals surface area contributed by atoms with Crippen LogP contribution in [0.5, 0.6) is 5.75 Å². The summed E-state index contributed by atoms with van der Waals surface area (Å²) in [6, 6.07) is 14.1. The van der Waals surface area contributed by atoms with Crippen LogP contribution < -0.4 is 10.1 Å². The average molecular weight is 361 g/mol. The van der Waals surface area contributed by atoms with Gasteiger partial charge in [-0.25, -0.2) is 0 Å². The van der Waals surface area contributed by atoms with Crippen LogP contribution in [0, 0.1) is 10.1 Å². The molecular formula is C18H17ClN2O4. The molecular weight excluding hydrogens is 344 g/mol. The third-order valence-electron chi connectivity index (χ3n) is 4.34. The first-order valence-corrected chi connectivity index (χ1v) is 8.27. The van der Waals surface area contributed by atoms with Gasteiger partial charge in [0.15, 0.2) is 12.4 Å². The number of carbonyl (C=O) groups is 1. The number of halogens is 1. The van der Waals surface area contributed by atoms with Crippen LogP contribution in [0.4, 0.5) is 5.69 Å². The van der Waals surface area contributed by atoms with E-state index in [1.165, 1.54) is 23.8 Å². The Hall–Kier alpha value is -2.60.